The van der Waals surface area contributed by atoms with Crippen molar-refractivity contribution < 1.29 is 4.79 Å². The first-order chi connectivity index (χ1) is 10.2. The largest absolute Gasteiger partial charge is 0.368 e. The molecule has 1 aromatic rings. The monoisotopic (exact) mass is 287 g/mol. The lowest BCUT2D eigenvalue weighted by Gasteiger charge is -2.39. The van der Waals surface area contributed by atoms with Crippen LogP contribution < -0.4 is 16.0 Å². The second-order valence-electron chi connectivity index (χ2n) is 6.34. The molecule has 1 amide bonds. The van der Waals surface area contributed by atoms with Crippen molar-refractivity contribution in [3.05, 3.63) is 29.8 Å². The van der Waals surface area contributed by atoms with Gasteiger partial charge in [0, 0.05) is 30.4 Å². The smallest absolute Gasteiger partial charge is 0.250 e. The third-order valence-corrected chi connectivity index (χ3v) is 4.83. The number of carbonyl (C=O) groups excluding carboxylic acids is 1. The van der Waals surface area contributed by atoms with E-state index in [1.165, 1.54) is 25.7 Å². The summed E-state index contributed by atoms with van der Waals surface area (Å²) in [6.07, 6.45) is 6.00. The van der Waals surface area contributed by atoms with Crippen LogP contribution in [-0.2, 0) is 0 Å². The first-order valence-electron chi connectivity index (χ1n) is 8.10. The minimum absolute atomic E-state index is 0.330. The van der Waals surface area contributed by atoms with E-state index in [9.17, 15) is 4.79 Å². The van der Waals surface area contributed by atoms with Gasteiger partial charge < -0.3 is 16.0 Å². The van der Waals surface area contributed by atoms with Crippen LogP contribution in [-0.4, -0.2) is 30.6 Å². The maximum Gasteiger partial charge on any atom is 0.250 e. The molecule has 2 unspecified atom stereocenters. The predicted molar refractivity (Wildman–Crippen MR) is 85.6 cm³/mol. The van der Waals surface area contributed by atoms with E-state index in [4.69, 9.17) is 5.73 Å². The fourth-order valence-corrected chi connectivity index (χ4v) is 3.95. The van der Waals surface area contributed by atoms with Gasteiger partial charge in [0.15, 0.2) is 0 Å². The molecule has 21 heavy (non-hydrogen) atoms. The van der Waals surface area contributed by atoms with Gasteiger partial charge in [-0.15, -0.1) is 0 Å². The van der Waals surface area contributed by atoms with Gasteiger partial charge in [-0.05, 0) is 44.2 Å². The molecule has 0 aliphatic carbocycles. The molecule has 2 heterocycles. The Hall–Kier alpha value is -1.55. The molecule has 1 aromatic carbocycles. The number of rotatable bonds is 5. The highest BCUT2D eigenvalue weighted by molar-refractivity contribution is 5.98. The van der Waals surface area contributed by atoms with Gasteiger partial charge in [0.25, 0.3) is 5.91 Å². The zero-order valence-corrected chi connectivity index (χ0v) is 12.7. The van der Waals surface area contributed by atoms with Gasteiger partial charge in [-0.3, -0.25) is 4.79 Å². The van der Waals surface area contributed by atoms with E-state index in [2.05, 4.69) is 17.1 Å². The van der Waals surface area contributed by atoms with Crippen molar-refractivity contribution in [3.8, 4) is 0 Å². The van der Waals surface area contributed by atoms with Crippen molar-refractivity contribution in [2.75, 3.05) is 11.4 Å². The molecule has 0 radical (unpaired) electrons. The number of hydrogen-bond acceptors (Lipinski definition) is 3. The molecule has 2 atom stereocenters. The van der Waals surface area contributed by atoms with E-state index in [1.54, 1.807) is 0 Å². The molecule has 2 aliphatic rings. The van der Waals surface area contributed by atoms with Crippen LogP contribution >= 0.6 is 0 Å². The molecule has 4 heteroatoms. The Morgan fingerprint density at radius 1 is 1.29 bits per heavy atom. The van der Waals surface area contributed by atoms with Gasteiger partial charge in [0.2, 0.25) is 0 Å². The highest BCUT2D eigenvalue weighted by Crippen LogP contribution is 2.33. The lowest BCUT2D eigenvalue weighted by atomic mass is 9.96. The molecule has 0 aromatic heterocycles. The van der Waals surface area contributed by atoms with E-state index >= 15 is 0 Å². The normalized spacial score (nSPS) is 27.6. The van der Waals surface area contributed by atoms with E-state index in [0.29, 0.717) is 23.7 Å². The van der Waals surface area contributed by atoms with Gasteiger partial charge in [-0.1, -0.05) is 19.1 Å². The summed E-state index contributed by atoms with van der Waals surface area (Å²) in [6, 6.07) is 9.59. The van der Waals surface area contributed by atoms with Gasteiger partial charge in [-0.25, -0.2) is 0 Å². The molecular weight excluding hydrogens is 262 g/mol. The number of nitrogens with one attached hydrogen (secondary N) is 1. The van der Waals surface area contributed by atoms with Crippen LogP contribution in [0.15, 0.2) is 24.3 Å². The molecule has 2 saturated heterocycles. The van der Waals surface area contributed by atoms with Crippen molar-refractivity contribution in [2.24, 2.45) is 5.73 Å². The molecule has 4 nitrogen and oxygen atoms in total. The molecule has 3 N–H and O–H groups in total. The minimum atomic E-state index is -0.330. The molecule has 0 spiro atoms. The molecule has 0 saturated carbocycles. The number of para-hydroxylation sites is 1. The Morgan fingerprint density at radius 3 is 2.57 bits per heavy atom. The topological polar surface area (TPSA) is 58.4 Å². The maximum atomic E-state index is 11.7. The molecule has 2 fully saturated rings. The average molecular weight is 287 g/mol. The Morgan fingerprint density at radius 2 is 1.95 bits per heavy atom. The summed E-state index contributed by atoms with van der Waals surface area (Å²) in [5, 5.41) is 3.69. The first-order valence-corrected chi connectivity index (χ1v) is 8.10. The van der Waals surface area contributed by atoms with Crippen LogP contribution in [0.3, 0.4) is 0 Å². The summed E-state index contributed by atoms with van der Waals surface area (Å²) < 4.78 is 0. The number of hydrogen-bond donors (Lipinski definition) is 2. The van der Waals surface area contributed by atoms with Gasteiger partial charge in [0.1, 0.15) is 0 Å². The van der Waals surface area contributed by atoms with Gasteiger partial charge in [0.05, 0.1) is 5.56 Å². The van der Waals surface area contributed by atoms with Gasteiger partial charge >= 0.3 is 0 Å². The summed E-state index contributed by atoms with van der Waals surface area (Å²) in [6.45, 7) is 3.17. The Bertz CT molecular complexity index is 505. The number of benzene rings is 1. The third-order valence-electron chi connectivity index (χ3n) is 4.83. The molecule has 114 valence electrons. The maximum absolute atomic E-state index is 11.7. The van der Waals surface area contributed by atoms with Crippen molar-refractivity contribution in [3.63, 3.8) is 0 Å². The molecular formula is C17H25N3O. The lowest BCUT2D eigenvalue weighted by molar-refractivity contribution is 0.100. The van der Waals surface area contributed by atoms with E-state index in [1.807, 2.05) is 24.3 Å². The minimum Gasteiger partial charge on any atom is -0.368 e. The second kappa shape index (κ2) is 6.06. The van der Waals surface area contributed by atoms with E-state index in [-0.39, 0.29) is 5.91 Å². The lowest BCUT2D eigenvalue weighted by Crippen LogP contribution is -2.49. The van der Waals surface area contributed by atoms with Crippen molar-refractivity contribution in [1.29, 1.82) is 0 Å². The number of fused-ring (bicyclic) bond motifs is 2. The van der Waals surface area contributed by atoms with Crippen molar-refractivity contribution >= 4 is 11.6 Å². The summed E-state index contributed by atoms with van der Waals surface area (Å²) in [5.41, 5.74) is 7.23. The molecule has 2 bridgehead atoms. The summed E-state index contributed by atoms with van der Waals surface area (Å²) in [5.74, 6) is -0.330. The third kappa shape index (κ3) is 2.91. The van der Waals surface area contributed by atoms with Crippen LogP contribution in [0.4, 0.5) is 5.69 Å². The number of carbonyl (C=O) groups is 1. The number of anilines is 1. The average Bonchev–Trinajstić information content (AvgIpc) is 2.83. The Labute approximate surface area is 126 Å². The highest BCUT2D eigenvalue weighted by atomic mass is 16.1. The van der Waals surface area contributed by atoms with Crippen LogP contribution in [0.25, 0.3) is 0 Å². The number of nitrogens with two attached hydrogens (primary N) is 1. The van der Waals surface area contributed by atoms with Crippen LogP contribution in [0.5, 0.6) is 0 Å². The zero-order chi connectivity index (χ0) is 14.8. The van der Waals surface area contributed by atoms with E-state index < -0.39 is 0 Å². The Balaban J connectivity index is 1.89. The zero-order valence-electron chi connectivity index (χ0n) is 12.7. The van der Waals surface area contributed by atoms with Crippen LogP contribution in [0, 0.1) is 0 Å². The highest BCUT2D eigenvalue weighted by Gasteiger charge is 2.36. The fourth-order valence-electron chi connectivity index (χ4n) is 3.95. The first kappa shape index (κ1) is 14.4. The summed E-state index contributed by atoms with van der Waals surface area (Å²) in [7, 11) is 0. The number of amides is 1. The fraction of sp³-hybridized carbons (Fsp3) is 0.588. The van der Waals surface area contributed by atoms with Crippen molar-refractivity contribution in [2.45, 2.75) is 57.2 Å². The number of primary amides is 1. The van der Waals surface area contributed by atoms with E-state index in [0.717, 1.165) is 18.7 Å². The second-order valence-corrected chi connectivity index (χ2v) is 6.34. The molecule has 2 aliphatic heterocycles. The summed E-state index contributed by atoms with van der Waals surface area (Å²) in [4.78, 5) is 14.2. The Kier molecular flexibility index (Phi) is 4.15. The number of nitrogens with zero attached hydrogens (tertiary/aromatic N) is 1. The SMILES string of the molecule is CCCN(c1ccccc1C(N)=O)C1CC2CCC(C1)N2. The van der Waals surface area contributed by atoms with Crippen molar-refractivity contribution in [1.82, 2.24) is 5.32 Å². The molecule has 3 rings (SSSR count). The van der Waals surface area contributed by atoms with Crippen LogP contribution in [0.2, 0.25) is 0 Å². The van der Waals surface area contributed by atoms with Gasteiger partial charge in [-0.2, -0.15) is 0 Å². The number of piperidine rings is 1. The standard InChI is InChI=1S/C17H25N3O/c1-2-9-20(14-10-12-7-8-13(11-14)19-12)16-6-4-3-5-15(16)17(18)21/h3-6,12-14,19H,2,7-11H2,1H3,(H2,18,21). The van der Waals surface area contributed by atoms with Crippen LogP contribution in [0.1, 0.15) is 49.4 Å². The quantitative estimate of drug-likeness (QED) is 0.873. The summed E-state index contributed by atoms with van der Waals surface area (Å²) >= 11 is 0. The predicted octanol–water partition coefficient (Wildman–Crippen LogP) is 2.28.